The van der Waals surface area contributed by atoms with Crippen LogP contribution < -0.4 is 5.32 Å². The van der Waals surface area contributed by atoms with Crippen molar-refractivity contribution in [3.63, 3.8) is 0 Å². The number of benzene rings is 1. The van der Waals surface area contributed by atoms with Gasteiger partial charge in [0.05, 0.1) is 10.4 Å². The lowest BCUT2D eigenvalue weighted by Crippen LogP contribution is -2.08. The van der Waals surface area contributed by atoms with Gasteiger partial charge >= 0.3 is 5.51 Å². The molecule has 3 rings (SSSR count). The van der Waals surface area contributed by atoms with E-state index < -0.39 is 5.51 Å². The third-order valence-corrected chi connectivity index (χ3v) is 5.35. The maximum Gasteiger partial charge on any atom is 0.446 e. The van der Waals surface area contributed by atoms with E-state index in [2.05, 4.69) is 15.3 Å². The van der Waals surface area contributed by atoms with Gasteiger partial charge in [-0.3, -0.25) is 0 Å². The van der Waals surface area contributed by atoms with Gasteiger partial charge in [-0.1, -0.05) is 23.7 Å². The summed E-state index contributed by atoms with van der Waals surface area (Å²) in [6, 6.07) is 6.10. The van der Waals surface area contributed by atoms with E-state index in [1.807, 2.05) is 6.92 Å². The molecule has 0 aliphatic heterocycles. The SMILES string of the molecule is C[C@@H](Nc1ncnc2scc(Cl)c12)c1ccc(SC(F)(F)F)cc1. The van der Waals surface area contributed by atoms with E-state index in [0.717, 1.165) is 15.8 Å². The summed E-state index contributed by atoms with van der Waals surface area (Å²) < 4.78 is 37.1. The molecule has 0 aliphatic rings. The second-order valence-corrected chi connectivity index (χ2v) is 7.37. The first kappa shape index (κ1) is 17.3. The number of nitrogens with zero attached hydrogens (tertiary/aromatic N) is 2. The first-order valence-electron chi connectivity index (χ1n) is 6.83. The van der Waals surface area contributed by atoms with Crippen molar-refractivity contribution < 1.29 is 13.2 Å². The molecule has 1 aromatic carbocycles. The molecule has 24 heavy (non-hydrogen) atoms. The summed E-state index contributed by atoms with van der Waals surface area (Å²) in [6.45, 7) is 1.90. The fourth-order valence-corrected chi connectivity index (χ4v) is 3.87. The standard InChI is InChI=1S/C15H11ClF3N3S2/c1-8(9-2-4-10(5-3-9)24-15(17,18)19)22-13-12-11(16)6-23-14(12)21-7-20-13/h2-8H,1H3,(H,20,21,22)/t8-/m1/s1. The predicted molar refractivity (Wildman–Crippen MR) is 92.8 cm³/mol. The minimum Gasteiger partial charge on any atom is -0.363 e. The summed E-state index contributed by atoms with van der Waals surface area (Å²) in [4.78, 5) is 9.32. The highest BCUT2D eigenvalue weighted by atomic mass is 35.5. The topological polar surface area (TPSA) is 37.8 Å². The van der Waals surface area contributed by atoms with E-state index in [4.69, 9.17) is 11.6 Å². The maximum absolute atomic E-state index is 12.4. The summed E-state index contributed by atoms with van der Waals surface area (Å²) in [5.41, 5.74) is -3.44. The number of halogens is 4. The molecule has 126 valence electrons. The van der Waals surface area contributed by atoms with Crippen LogP contribution in [0.1, 0.15) is 18.5 Å². The number of hydrogen-bond donors (Lipinski definition) is 1. The second-order valence-electron chi connectivity index (χ2n) is 4.97. The van der Waals surface area contributed by atoms with E-state index in [1.165, 1.54) is 29.8 Å². The van der Waals surface area contributed by atoms with Crippen molar-refractivity contribution in [3.8, 4) is 0 Å². The predicted octanol–water partition coefficient (Wildman–Crippen LogP) is 6.13. The highest BCUT2D eigenvalue weighted by Gasteiger charge is 2.29. The molecule has 9 heteroatoms. The lowest BCUT2D eigenvalue weighted by atomic mass is 10.1. The molecular formula is C15H11ClF3N3S2. The Morgan fingerprint density at radius 3 is 2.58 bits per heavy atom. The van der Waals surface area contributed by atoms with Gasteiger partial charge in [-0.2, -0.15) is 13.2 Å². The van der Waals surface area contributed by atoms with Gasteiger partial charge in [0, 0.05) is 16.3 Å². The Bertz CT molecular complexity index is 849. The van der Waals surface area contributed by atoms with Crippen LogP contribution in [0, 0.1) is 0 Å². The Balaban J connectivity index is 1.79. The number of hydrogen-bond acceptors (Lipinski definition) is 5. The van der Waals surface area contributed by atoms with Crippen LogP contribution in [0.3, 0.4) is 0 Å². The Kier molecular flexibility index (Phi) is 4.89. The van der Waals surface area contributed by atoms with Crippen molar-refractivity contribution in [1.29, 1.82) is 0 Å². The number of nitrogens with one attached hydrogen (secondary N) is 1. The normalized spacial score (nSPS) is 13.2. The number of thioether (sulfide) groups is 1. The van der Waals surface area contributed by atoms with Gasteiger partial charge in [-0.05, 0) is 36.4 Å². The lowest BCUT2D eigenvalue weighted by Gasteiger charge is -2.16. The first-order valence-corrected chi connectivity index (χ1v) is 8.91. The molecule has 0 unspecified atom stereocenters. The fourth-order valence-electron chi connectivity index (χ4n) is 2.20. The minimum absolute atomic E-state index is 0.127. The summed E-state index contributed by atoms with van der Waals surface area (Å²) in [5.74, 6) is 0.604. The Morgan fingerprint density at radius 2 is 1.92 bits per heavy atom. The van der Waals surface area contributed by atoms with E-state index in [0.29, 0.717) is 10.8 Å². The van der Waals surface area contributed by atoms with Crippen molar-refractivity contribution in [2.24, 2.45) is 0 Å². The van der Waals surface area contributed by atoms with Crippen LogP contribution in [0.5, 0.6) is 0 Å². The number of rotatable bonds is 4. The van der Waals surface area contributed by atoms with Gasteiger partial charge in [0.25, 0.3) is 0 Å². The number of thiophene rings is 1. The van der Waals surface area contributed by atoms with Gasteiger partial charge in [0.2, 0.25) is 0 Å². The molecule has 1 atom stereocenters. The molecule has 0 fully saturated rings. The summed E-state index contributed by atoms with van der Waals surface area (Å²) in [7, 11) is 0. The summed E-state index contributed by atoms with van der Waals surface area (Å²) in [6.07, 6.45) is 1.45. The van der Waals surface area contributed by atoms with E-state index in [1.54, 1.807) is 17.5 Å². The van der Waals surface area contributed by atoms with Crippen molar-refractivity contribution in [1.82, 2.24) is 9.97 Å². The Labute approximate surface area is 149 Å². The van der Waals surface area contributed by atoms with Crippen molar-refractivity contribution in [2.75, 3.05) is 5.32 Å². The van der Waals surface area contributed by atoms with Crippen LogP contribution in [0.2, 0.25) is 5.02 Å². The third-order valence-electron chi connectivity index (χ3n) is 3.29. The monoisotopic (exact) mass is 389 g/mol. The van der Waals surface area contributed by atoms with Gasteiger partial charge in [-0.15, -0.1) is 11.3 Å². The van der Waals surface area contributed by atoms with Gasteiger partial charge < -0.3 is 5.32 Å². The van der Waals surface area contributed by atoms with E-state index in [-0.39, 0.29) is 22.7 Å². The molecule has 0 saturated carbocycles. The smallest absolute Gasteiger partial charge is 0.363 e. The molecule has 2 heterocycles. The van der Waals surface area contributed by atoms with Crippen LogP contribution in [0.25, 0.3) is 10.2 Å². The van der Waals surface area contributed by atoms with Crippen LogP contribution in [0.15, 0.2) is 40.9 Å². The molecule has 0 saturated heterocycles. The minimum atomic E-state index is -4.28. The molecule has 0 amide bonds. The highest BCUT2D eigenvalue weighted by Crippen LogP contribution is 2.37. The average Bonchev–Trinajstić information content (AvgIpc) is 2.89. The summed E-state index contributed by atoms with van der Waals surface area (Å²) >= 11 is 7.47. The molecule has 0 spiro atoms. The highest BCUT2D eigenvalue weighted by molar-refractivity contribution is 8.00. The van der Waals surface area contributed by atoms with E-state index in [9.17, 15) is 13.2 Å². The van der Waals surface area contributed by atoms with Crippen molar-refractivity contribution in [3.05, 3.63) is 46.6 Å². The molecule has 3 nitrogen and oxygen atoms in total. The van der Waals surface area contributed by atoms with Crippen LogP contribution in [-0.2, 0) is 0 Å². The lowest BCUT2D eigenvalue weighted by molar-refractivity contribution is -0.0328. The second kappa shape index (κ2) is 6.78. The van der Waals surface area contributed by atoms with E-state index >= 15 is 0 Å². The quantitative estimate of drug-likeness (QED) is 0.544. The van der Waals surface area contributed by atoms with Crippen molar-refractivity contribution >= 4 is 50.7 Å². The fraction of sp³-hybridized carbons (Fsp3) is 0.200. The number of fused-ring (bicyclic) bond motifs is 1. The first-order chi connectivity index (χ1) is 11.3. The molecule has 1 N–H and O–H groups in total. The van der Waals surface area contributed by atoms with Crippen LogP contribution in [-0.4, -0.2) is 15.5 Å². The zero-order valence-corrected chi connectivity index (χ0v) is 14.7. The molecule has 0 radical (unpaired) electrons. The number of aromatic nitrogens is 2. The van der Waals surface area contributed by atoms with Crippen LogP contribution in [0.4, 0.5) is 19.0 Å². The molecule has 0 bridgehead atoms. The number of anilines is 1. The maximum atomic E-state index is 12.4. The van der Waals surface area contributed by atoms with Gasteiger partial charge in [0.1, 0.15) is 17.0 Å². The number of alkyl halides is 3. The third kappa shape index (κ3) is 3.93. The zero-order chi connectivity index (χ0) is 17.3. The Hall–Kier alpha value is -1.51. The summed E-state index contributed by atoms with van der Waals surface area (Å²) in [5, 5.41) is 6.35. The Morgan fingerprint density at radius 1 is 1.21 bits per heavy atom. The molecule has 0 aliphatic carbocycles. The largest absolute Gasteiger partial charge is 0.446 e. The average molecular weight is 390 g/mol. The van der Waals surface area contributed by atoms with Crippen LogP contribution >= 0.6 is 34.7 Å². The zero-order valence-electron chi connectivity index (χ0n) is 12.3. The van der Waals surface area contributed by atoms with Gasteiger partial charge in [0.15, 0.2) is 0 Å². The van der Waals surface area contributed by atoms with Gasteiger partial charge in [-0.25, -0.2) is 9.97 Å². The molecular weight excluding hydrogens is 379 g/mol. The molecule has 3 aromatic rings. The van der Waals surface area contributed by atoms with Crippen molar-refractivity contribution in [2.45, 2.75) is 23.4 Å². The molecule has 2 aromatic heterocycles.